The Labute approximate surface area is 210 Å². The number of benzene rings is 2. The Morgan fingerprint density at radius 1 is 0.900 bits per heavy atom. The van der Waals surface area contributed by atoms with E-state index in [0.717, 1.165) is 11.9 Å². The number of amides is 1. The van der Waals surface area contributed by atoms with E-state index in [4.69, 9.17) is 0 Å². The Morgan fingerprint density at radius 3 is 2.00 bits per heavy atom. The van der Waals surface area contributed by atoms with Crippen LogP contribution in [-0.4, -0.2) is 16.9 Å². The minimum absolute atomic E-state index is 0. The molecule has 0 atom stereocenters. The van der Waals surface area contributed by atoms with Crippen LogP contribution in [0, 0.1) is 0 Å². The SMILES string of the molecule is C.C.C.CC(C)NC(=O)CCc1c[nH]c2ccccc12.CC(C)c1ccccc1.[Y]. The second-order valence-corrected chi connectivity index (χ2v) is 7.15. The van der Waals surface area contributed by atoms with Crippen LogP contribution in [0.25, 0.3) is 10.9 Å². The molecular weight excluding hydrogens is 445 g/mol. The largest absolute Gasteiger partial charge is 0.361 e. The molecule has 3 aromatic rings. The van der Waals surface area contributed by atoms with Gasteiger partial charge in [-0.05, 0) is 43.4 Å². The average Bonchev–Trinajstić information content (AvgIpc) is 3.04. The Morgan fingerprint density at radius 2 is 1.47 bits per heavy atom. The van der Waals surface area contributed by atoms with Crippen LogP contribution in [0.5, 0.6) is 0 Å². The van der Waals surface area contributed by atoms with Gasteiger partial charge in [-0.1, -0.05) is 84.7 Å². The molecule has 3 nitrogen and oxygen atoms in total. The van der Waals surface area contributed by atoms with Crippen LogP contribution in [0.15, 0.2) is 60.8 Å². The van der Waals surface area contributed by atoms with E-state index >= 15 is 0 Å². The number of carbonyl (C=O) groups excluding carboxylic acids is 1. The maximum absolute atomic E-state index is 11.6. The Balaban J connectivity index is -0.000000490. The van der Waals surface area contributed by atoms with E-state index in [9.17, 15) is 4.79 Å². The summed E-state index contributed by atoms with van der Waals surface area (Å²) in [5.41, 5.74) is 3.75. The number of hydrogen-bond acceptors (Lipinski definition) is 1. The van der Waals surface area contributed by atoms with Crippen molar-refractivity contribution in [3.8, 4) is 0 Å². The van der Waals surface area contributed by atoms with E-state index in [1.807, 2.05) is 44.3 Å². The van der Waals surface area contributed by atoms with Gasteiger partial charge in [0, 0.05) is 62.3 Å². The summed E-state index contributed by atoms with van der Waals surface area (Å²) in [6.07, 6.45) is 3.32. The van der Waals surface area contributed by atoms with Gasteiger partial charge >= 0.3 is 0 Å². The van der Waals surface area contributed by atoms with Crippen molar-refractivity contribution in [1.82, 2.24) is 10.3 Å². The van der Waals surface area contributed by atoms with Crippen molar-refractivity contribution in [3.63, 3.8) is 0 Å². The summed E-state index contributed by atoms with van der Waals surface area (Å²) in [5.74, 6) is 0.775. The molecule has 1 heterocycles. The minimum atomic E-state index is 0. The monoisotopic (exact) mass is 487 g/mol. The number of carbonyl (C=O) groups is 1. The summed E-state index contributed by atoms with van der Waals surface area (Å²) in [5, 5.41) is 4.12. The fourth-order valence-corrected chi connectivity index (χ4v) is 2.82. The Hall–Kier alpha value is -1.45. The van der Waals surface area contributed by atoms with E-state index in [2.05, 4.69) is 54.5 Å². The number of rotatable bonds is 5. The maximum Gasteiger partial charge on any atom is 0.220 e. The zero-order valence-corrected chi connectivity index (χ0v) is 19.7. The predicted molar refractivity (Wildman–Crippen MR) is 131 cm³/mol. The van der Waals surface area contributed by atoms with Gasteiger partial charge in [-0.25, -0.2) is 0 Å². The molecular formula is C26H42N2OY. The van der Waals surface area contributed by atoms with Gasteiger partial charge in [0.2, 0.25) is 5.91 Å². The molecule has 0 spiro atoms. The molecule has 2 aromatic carbocycles. The number of fused-ring (bicyclic) bond motifs is 1. The molecule has 30 heavy (non-hydrogen) atoms. The smallest absolute Gasteiger partial charge is 0.220 e. The van der Waals surface area contributed by atoms with Crippen molar-refractivity contribution in [3.05, 3.63) is 71.9 Å². The number of H-pyrrole nitrogens is 1. The molecule has 0 fully saturated rings. The molecule has 0 bridgehead atoms. The van der Waals surface area contributed by atoms with Gasteiger partial charge in [0.05, 0.1) is 0 Å². The van der Waals surface area contributed by atoms with Crippen molar-refractivity contribution in [1.29, 1.82) is 0 Å². The van der Waals surface area contributed by atoms with Crippen LogP contribution >= 0.6 is 0 Å². The van der Waals surface area contributed by atoms with Crippen LogP contribution < -0.4 is 5.32 Å². The molecule has 0 saturated carbocycles. The van der Waals surface area contributed by atoms with Crippen molar-refractivity contribution in [2.75, 3.05) is 0 Å². The zero-order chi connectivity index (χ0) is 18.9. The van der Waals surface area contributed by atoms with Gasteiger partial charge in [-0.2, -0.15) is 0 Å². The second-order valence-electron chi connectivity index (χ2n) is 7.15. The minimum Gasteiger partial charge on any atom is -0.361 e. The number of nitrogens with one attached hydrogen (secondary N) is 2. The molecule has 4 heteroatoms. The summed E-state index contributed by atoms with van der Waals surface area (Å²) in [6.45, 7) is 8.36. The molecule has 1 aromatic heterocycles. The van der Waals surface area contributed by atoms with Crippen LogP contribution in [0.4, 0.5) is 0 Å². The van der Waals surface area contributed by atoms with Gasteiger partial charge < -0.3 is 10.3 Å². The quantitative estimate of drug-likeness (QED) is 0.389. The number of aryl methyl sites for hydroxylation is 1. The molecule has 165 valence electrons. The van der Waals surface area contributed by atoms with Gasteiger partial charge in [0.25, 0.3) is 0 Å². The molecule has 1 amide bonds. The van der Waals surface area contributed by atoms with Crippen LogP contribution in [0.3, 0.4) is 0 Å². The number of para-hydroxylation sites is 1. The Kier molecular flexibility index (Phi) is 19.1. The first-order valence-corrected chi connectivity index (χ1v) is 9.36. The first-order chi connectivity index (χ1) is 12.5. The summed E-state index contributed by atoms with van der Waals surface area (Å²) < 4.78 is 0. The predicted octanol–water partition coefficient (Wildman–Crippen LogP) is 7.34. The third-order valence-electron chi connectivity index (χ3n) is 4.21. The van der Waals surface area contributed by atoms with Crippen molar-refractivity contribution < 1.29 is 37.5 Å². The fourth-order valence-electron chi connectivity index (χ4n) is 2.82. The molecule has 0 saturated heterocycles. The van der Waals surface area contributed by atoms with Gasteiger partial charge in [-0.3, -0.25) is 4.79 Å². The normalized spacial score (nSPS) is 9.27. The van der Waals surface area contributed by atoms with Crippen LogP contribution in [0.1, 0.15) is 73.4 Å². The number of aromatic nitrogens is 1. The Bertz CT molecular complexity index is 810. The van der Waals surface area contributed by atoms with Gasteiger partial charge in [0.15, 0.2) is 0 Å². The topological polar surface area (TPSA) is 44.9 Å². The molecule has 3 rings (SSSR count). The van der Waals surface area contributed by atoms with Crippen molar-refractivity contribution >= 4 is 16.8 Å². The first kappa shape index (κ1) is 33.2. The standard InChI is InChI=1S/C14H18N2O.C9H12.3CH4.Y/c1-10(2)16-14(17)8-7-11-9-15-13-6-4-3-5-12(11)13;1-8(2)9-6-4-3-5-7-9;;;;/h3-6,9-10,15H,7-8H2,1-2H3,(H,16,17);3-8H,1-2H3;3*1H4;. The molecule has 1 radical (unpaired) electrons. The molecule has 0 aliphatic rings. The van der Waals surface area contributed by atoms with Gasteiger partial charge in [0.1, 0.15) is 0 Å². The molecule has 0 aliphatic heterocycles. The second kappa shape index (κ2) is 17.3. The van der Waals surface area contributed by atoms with E-state index in [-0.39, 0.29) is 66.9 Å². The van der Waals surface area contributed by atoms with E-state index in [0.29, 0.717) is 12.3 Å². The average molecular weight is 488 g/mol. The summed E-state index contributed by atoms with van der Waals surface area (Å²) in [7, 11) is 0. The van der Waals surface area contributed by atoms with Crippen molar-refractivity contribution in [2.45, 2.75) is 74.8 Å². The molecule has 0 unspecified atom stereocenters. The summed E-state index contributed by atoms with van der Waals surface area (Å²) >= 11 is 0. The fraction of sp³-hybridized carbons (Fsp3) is 0.423. The number of hydrogen-bond donors (Lipinski definition) is 2. The van der Waals surface area contributed by atoms with E-state index < -0.39 is 0 Å². The first-order valence-electron chi connectivity index (χ1n) is 9.36. The molecule has 2 N–H and O–H groups in total. The number of aromatic amines is 1. The molecule has 0 aliphatic carbocycles. The zero-order valence-electron chi connectivity index (χ0n) is 16.8. The summed E-state index contributed by atoms with van der Waals surface area (Å²) in [6, 6.07) is 18.9. The van der Waals surface area contributed by atoms with Crippen molar-refractivity contribution in [2.24, 2.45) is 0 Å². The van der Waals surface area contributed by atoms with E-state index in [1.54, 1.807) is 0 Å². The van der Waals surface area contributed by atoms with Crippen LogP contribution in [-0.2, 0) is 43.9 Å². The van der Waals surface area contributed by atoms with E-state index in [1.165, 1.54) is 16.5 Å². The third-order valence-corrected chi connectivity index (χ3v) is 4.21. The maximum atomic E-state index is 11.6. The van der Waals surface area contributed by atoms with Crippen LogP contribution in [0.2, 0.25) is 0 Å². The van der Waals surface area contributed by atoms with Gasteiger partial charge in [-0.15, -0.1) is 0 Å². The third kappa shape index (κ3) is 11.1. The summed E-state index contributed by atoms with van der Waals surface area (Å²) in [4.78, 5) is 14.8.